The first kappa shape index (κ1) is 15.4. The molecule has 0 aliphatic rings. The molecule has 0 heterocycles. The zero-order valence-corrected chi connectivity index (χ0v) is 13.9. The van der Waals surface area contributed by atoms with Crippen LogP contribution in [0, 0.1) is 9.39 Å². The Hall–Kier alpha value is -0.940. The van der Waals surface area contributed by atoms with Crippen LogP contribution in [0.3, 0.4) is 0 Å². The van der Waals surface area contributed by atoms with Gasteiger partial charge >= 0.3 is 0 Å². The number of hydrogen-bond donors (Lipinski definition) is 1. The molecule has 0 saturated carbocycles. The Labute approximate surface area is 133 Å². The van der Waals surface area contributed by atoms with E-state index in [1.54, 1.807) is 6.07 Å². The van der Waals surface area contributed by atoms with Crippen LogP contribution in [-0.2, 0) is 6.42 Å². The molecule has 1 atom stereocenters. The van der Waals surface area contributed by atoms with Gasteiger partial charge in [0, 0.05) is 3.57 Å². The van der Waals surface area contributed by atoms with Crippen LogP contribution in [0.25, 0.3) is 0 Å². The first-order chi connectivity index (χ1) is 9.65. The van der Waals surface area contributed by atoms with Crippen molar-refractivity contribution in [1.82, 2.24) is 5.32 Å². The number of aryl methyl sites for hydroxylation is 1. The van der Waals surface area contributed by atoms with E-state index in [-0.39, 0.29) is 11.9 Å². The van der Waals surface area contributed by atoms with Crippen molar-refractivity contribution in [1.29, 1.82) is 0 Å². The monoisotopic (exact) mass is 383 g/mol. The molecule has 0 aliphatic carbocycles. The summed E-state index contributed by atoms with van der Waals surface area (Å²) in [5.74, 6) is -0.189. The van der Waals surface area contributed by atoms with E-state index in [0.717, 1.165) is 22.0 Å². The summed E-state index contributed by atoms with van der Waals surface area (Å²) < 4.78 is 14.2. The van der Waals surface area contributed by atoms with Crippen molar-refractivity contribution in [3.05, 3.63) is 68.5 Å². The highest BCUT2D eigenvalue weighted by atomic mass is 127. The van der Waals surface area contributed by atoms with Crippen LogP contribution in [0.4, 0.5) is 4.39 Å². The SMILES string of the molecule is CCCc1ccc(C(NC)c2ccc(F)cc2I)cc1. The number of nitrogens with one attached hydrogen (secondary N) is 1. The van der Waals surface area contributed by atoms with Crippen molar-refractivity contribution < 1.29 is 4.39 Å². The van der Waals surface area contributed by atoms with Gasteiger partial charge in [0.2, 0.25) is 0 Å². The summed E-state index contributed by atoms with van der Waals surface area (Å²) in [6.07, 6.45) is 2.27. The van der Waals surface area contributed by atoms with Crippen molar-refractivity contribution in [3.8, 4) is 0 Å². The molecule has 2 aromatic carbocycles. The van der Waals surface area contributed by atoms with Gasteiger partial charge in [-0.1, -0.05) is 43.7 Å². The number of rotatable bonds is 5. The second kappa shape index (κ2) is 7.18. The lowest BCUT2D eigenvalue weighted by Crippen LogP contribution is -2.18. The molecule has 3 heteroatoms. The number of halogens is 2. The smallest absolute Gasteiger partial charge is 0.124 e. The van der Waals surface area contributed by atoms with Crippen molar-refractivity contribution in [2.24, 2.45) is 0 Å². The van der Waals surface area contributed by atoms with Crippen molar-refractivity contribution in [2.75, 3.05) is 7.05 Å². The summed E-state index contributed by atoms with van der Waals surface area (Å²) in [6.45, 7) is 2.19. The van der Waals surface area contributed by atoms with E-state index in [9.17, 15) is 4.39 Å². The van der Waals surface area contributed by atoms with Gasteiger partial charge in [-0.2, -0.15) is 0 Å². The molecule has 1 unspecified atom stereocenters. The van der Waals surface area contributed by atoms with E-state index >= 15 is 0 Å². The molecule has 0 aliphatic heterocycles. The molecule has 1 nitrogen and oxygen atoms in total. The van der Waals surface area contributed by atoms with Crippen LogP contribution in [0.15, 0.2) is 42.5 Å². The molecule has 1 N–H and O–H groups in total. The summed E-state index contributed by atoms with van der Waals surface area (Å²) in [5, 5.41) is 3.32. The predicted octanol–water partition coefficient (Wildman–Crippen LogP) is 4.69. The largest absolute Gasteiger partial charge is 0.309 e. The van der Waals surface area contributed by atoms with Crippen LogP contribution in [0.1, 0.15) is 36.1 Å². The highest BCUT2D eigenvalue weighted by Gasteiger charge is 2.15. The lowest BCUT2D eigenvalue weighted by Gasteiger charge is -2.19. The van der Waals surface area contributed by atoms with Crippen LogP contribution >= 0.6 is 22.6 Å². The molecule has 106 valence electrons. The van der Waals surface area contributed by atoms with Crippen LogP contribution < -0.4 is 5.32 Å². The minimum absolute atomic E-state index is 0.0955. The Morgan fingerprint density at radius 3 is 2.40 bits per heavy atom. The van der Waals surface area contributed by atoms with E-state index in [1.807, 2.05) is 13.1 Å². The maximum absolute atomic E-state index is 13.2. The van der Waals surface area contributed by atoms with E-state index in [1.165, 1.54) is 17.2 Å². The zero-order chi connectivity index (χ0) is 14.5. The van der Waals surface area contributed by atoms with E-state index in [4.69, 9.17) is 0 Å². The van der Waals surface area contributed by atoms with Gasteiger partial charge < -0.3 is 5.32 Å². The van der Waals surface area contributed by atoms with Gasteiger partial charge in [0.1, 0.15) is 5.82 Å². The average molecular weight is 383 g/mol. The van der Waals surface area contributed by atoms with Crippen LogP contribution in [-0.4, -0.2) is 7.05 Å². The van der Waals surface area contributed by atoms with Gasteiger partial charge in [-0.3, -0.25) is 0 Å². The fourth-order valence-corrected chi connectivity index (χ4v) is 3.19. The summed E-state index contributed by atoms with van der Waals surface area (Å²) in [4.78, 5) is 0. The Morgan fingerprint density at radius 2 is 1.85 bits per heavy atom. The highest BCUT2D eigenvalue weighted by Crippen LogP contribution is 2.27. The quantitative estimate of drug-likeness (QED) is 0.739. The fourth-order valence-electron chi connectivity index (χ4n) is 2.40. The Kier molecular flexibility index (Phi) is 5.54. The predicted molar refractivity (Wildman–Crippen MR) is 90.5 cm³/mol. The topological polar surface area (TPSA) is 12.0 Å². The third-order valence-corrected chi connectivity index (χ3v) is 4.35. The Balaban J connectivity index is 2.31. The molecular weight excluding hydrogens is 364 g/mol. The minimum atomic E-state index is -0.189. The van der Waals surface area contributed by atoms with E-state index in [2.05, 4.69) is 59.1 Å². The lowest BCUT2D eigenvalue weighted by atomic mass is 9.97. The highest BCUT2D eigenvalue weighted by molar-refractivity contribution is 14.1. The normalized spacial score (nSPS) is 12.4. The second-order valence-electron chi connectivity index (χ2n) is 4.88. The van der Waals surface area contributed by atoms with Crippen molar-refractivity contribution in [3.63, 3.8) is 0 Å². The zero-order valence-electron chi connectivity index (χ0n) is 11.8. The third-order valence-electron chi connectivity index (χ3n) is 3.41. The third kappa shape index (κ3) is 3.58. The molecule has 0 saturated heterocycles. The molecule has 0 aromatic heterocycles. The molecule has 0 bridgehead atoms. The maximum atomic E-state index is 13.2. The summed E-state index contributed by atoms with van der Waals surface area (Å²) in [6, 6.07) is 13.7. The van der Waals surface area contributed by atoms with Gasteiger partial charge in [-0.15, -0.1) is 0 Å². The average Bonchev–Trinajstić information content (AvgIpc) is 2.44. The Bertz CT molecular complexity index is 566. The summed E-state index contributed by atoms with van der Waals surface area (Å²) >= 11 is 2.19. The van der Waals surface area contributed by atoms with Crippen molar-refractivity contribution >= 4 is 22.6 Å². The lowest BCUT2D eigenvalue weighted by molar-refractivity contribution is 0.621. The molecule has 0 fully saturated rings. The van der Waals surface area contributed by atoms with Gasteiger partial charge in [-0.25, -0.2) is 4.39 Å². The summed E-state index contributed by atoms with van der Waals surface area (Å²) in [7, 11) is 1.93. The number of benzene rings is 2. The van der Waals surface area contributed by atoms with E-state index in [0.29, 0.717) is 0 Å². The van der Waals surface area contributed by atoms with Gasteiger partial charge in [-0.05, 0) is 64.9 Å². The van der Waals surface area contributed by atoms with Crippen LogP contribution in [0.2, 0.25) is 0 Å². The van der Waals surface area contributed by atoms with Gasteiger partial charge in [0.05, 0.1) is 6.04 Å². The number of hydrogen-bond acceptors (Lipinski definition) is 1. The molecule has 20 heavy (non-hydrogen) atoms. The second-order valence-corrected chi connectivity index (χ2v) is 6.04. The molecule has 0 radical (unpaired) electrons. The molecule has 2 aromatic rings. The standard InChI is InChI=1S/C17H19FIN/c1-3-4-12-5-7-13(8-6-12)17(20-2)15-10-9-14(18)11-16(15)19/h5-11,17,20H,3-4H2,1-2H3. The van der Waals surface area contributed by atoms with Gasteiger partial charge in [0.15, 0.2) is 0 Å². The van der Waals surface area contributed by atoms with Crippen molar-refractivity contribution in [2.45, 2.75) is 25.8 Å². The Morgan fingerprint density at radius 1 is 1.15 bits per heavy atom. The first-order valence-electron chi connectivity index (χ1n) is 6.86. The fraction of sp³-hybridized carbons (Fsp3) is 0.294. The maximum Gasteiger partial charge on any atom is 0.124 e. The molecular formula is C17H19FIN. The molecule has 0 spiro atoms. The van der Waals surface area contributed by atoms with Gasteiger partial charge in [0.25, 0.3) is 0 Å². The molecule has 0 amide bonds. The molecule has 2 rings (SSSR count). The first-order valence-corrected chi connectivity index (χ1v) is 7.94. The summed E-state index contributed by atoms with van der Waals surface area (Å²) in [5.41, 5.74) is 3.68. The van der Waals surface area contributed by atoms with Crippen LogP contribution in [0.5, 0.6) is 0 Å². The van der Waals surface area contributed by atoms with E-state index < -0.39 is 0 Å². The minimum Gasteiger partial charge on any atom is -0.309 e.